The summed E-state index contributed by atoms with van der Waals surface area (Å²) in [6, 6.07) is 7.58. The topological polar surface area (TPSA) is 21.1 Å². The highest BCUT2D eigenvalue weighted by atomic mass is 19.1. The summed E-state index contributed by atoms with van der Waals surface area (Å²) in [7, 11) is 0. The first kappa shape index (κ1) is 15.2. The van der Waals surface area contributed by atoms with Crippen LogP contribution in [0.5, 0.6) is 0 Å². The molecule has 4 heteroatoms. The van der Waals surface area contributed by atoms with Gasteiger partial charge in [-0.3, -0.25) is 4.90 Å². The van der Waals surface area contributed by atoms with Crippen LogP contribution in [0.25, 0.3) is 0 Å². The number of rotatable bonds is 5. The summed E-state index contributed by atoms with van der Waals surface area (Å²) in [5, 5.41) is 0. The van der Waals surface area contributed by atoms with Crippen molar-refractivity contribution in [1.82, 2.24) is 14.5 Å². The standard InChI is InChI=1S/C18H24FN3/c1-15-20-9-12-21(15)11-8-18-7-2-3-10-22(18)14-16-5-4-6-17(19)13-16/h4-6,9,12-13,18H,2-3,7-8,10-11,14H2,1H3. The molecule has 0 N–H and O–H groups in total. The van der Waals surface area contributed by atoms with Crippen LogP contribution < -0.4 is 0 Å². The van der Waals surface area contributed by atoms with Crippen LogP contribution >= 0.6 is 0 Å². The van der Waals surface area contributed by atoms with Gasteiger partial charge in [-0.25, -0.2) is 9.37 Å². The second kappa shape index (κ2) is 7.05. The highest BCUT2D eigenvalue weighted by molar-refractivity contribution is 5.16. The lowest BCUT2D eigenvalue weighted by atomic mass is 9.98. The molecule has 1 saturated heterocycles. The minimum Gasteiger partial charge on any atom is -0.335 e. The Morgan fingerprint density at radius 1 is 1.32 bits per heavy atom. The molecular formula is C18H24FN3. The Balaban J connectivity index is 1.62. The van der Waals surface area contributed by atoms with E-state index < -0.39 is 0 Å². The zero-order valence-corrected chi connectivity index (χ0v) is 13.2. The molecule has 1 aromatic carbocycles. The summed E-state index contributed by atoms with van der Waals surface area (Å²) in [6.45, 7) is 5.02. The van der Waals surface area contributed by atoms with Crippen LogP contribution in [0, 0.1) is 12.7 Å². The Morgan fingerprint density at radius 3 is 3.00 bits per heavy atom. The van der Waals surface area contributed by atoms with Gasteiger partial charge in [-0.05, 0) is 50.4 Å². The van der Waals surface area contributed by atoms with Crippen molar-refractivity contribution in [2.24, 2.45) is 0 Å². The van der Waals surface area contributed by atoms with Crippen LogP contribution in [-0.4, -0.2) is 27.0 Å². The smallest absolute Gasteiger partial charge is 0.123 e. The number of halogens is 1. The van der Waals surface area contributed by atoms with E-state index in [-0.39, 0.29) is 5.82 Å². The summed E-state index contributed by atoms with van der Waals surface area (Å²) < 4.78 is 15.6. The number of hydrogen-bond donors (Lipinski definition) is 0. The van der Waals surface area contributed by atoms with Crippen LogP contribution in [0.3, 0.4) is 0 Å². The van der Waals surface area contributed by atoms with Gasteiger partial charge in [0.25, 0.3) is 0 Å². The average Bonchev–Trinajstić information content (AvgIpc) is 2.92. The lowest BCUT2D eigenvalue weighted by molar-refractivity contribution is 0.128. The van der Waals surface area contributed by atoms with Crippen LogP contribution in [-0.2, 0) is 13.1 Å². The van der Waals surface area contributed by atoms with E-state index in [4.69, 9.17) is 0 Å². The maximum atomic E-state index is 13.4. The van der Waals surface area contributed by atoms with E-state index in [2.05, 4.69) is 20.6 Å². The number of piperidine rings is 1. The Kier molecular flexibility index (Phi) is 4.88. The fraction of sp³-hybridized carbons (Fsp3) is 0.500. The van der Waals surface area contributed by atoms with Crippen LogP contribution in [0.2, 0.25) is 0 Å². The third kappa shape index (κ3) is 3.74. The first-order chi connectivity index (χ1) is 10.7. The summed E-state index contributed by atoms with van der Waals surface area (Å²) in [6.07, 6.45) is 8.83. The Bertz CT molecular complexity index is 608. The molecular weight excluding hydrogens is 277 g/mol. The van der Waals surface area contributed by atoms with E-state index in [1.807, 2.05) is 19.2 Å². The van der Waals surface area contributed by atoms with Gasteiger partial charge in [0.15, 0.2) is 0 Å². The zero-order valence-electron chi connectivity index (χ0n) is 13.2. The second-order valence-electron chi connectivity index (χ2n) is 6.21. The van der Waals surface area contributed by atoms with Crippen molar-refractivity contribution in [3.8, 4) is 0 Å². The van der Waals surface area contributed by atoms with Gasteiger partial charge >= 0.3 is 0 Å². The number of benzene rings is 1. The fourth-order valence-electron chi connectivity index (χ4n) is 3.39. The van der Waals surface area contributed by atoms with Gasteiger partial charge in [-0.1, -0.05) is 18.6 Å². The quantitative estimate of drug-likeness (QED) is 0.838. The number of nitrogens with zero attached hydrogens (tertiary/aromatic N) is 3. The molecule has 1 unspecified atom stereocenters. The molecule has 0 spiro atoms. The monoisotopic (exact) mass is 301 g/mol. The molecule has 0 amide bonds. The lowest BCUT2D eigenvalue weighted by Gasteiger charge is -2.36. The first-order valence-corrected chi connectivity index (χ1v) is 8.18. The number of likely N-dealkylation sites (tertiary alicyclic amines) is 1. The Hall–Kier alpha value is -1.68. The van der Waals surface area contributed by atoms with Gasteiger partial charge in [0.2, 0.25) is 0 Å². The predicted molar refractivity (Wildman–Crippen MR) is 86.0 cm³/mol. The minimum atomic E-state index is -0.139. The Morgan fingerprint density at radius 2 is 2.23 bits per heavy atom. The highest BCUT2D eigenvalue weighted by Gasteiger charge is 2.22. The van der Waals surface area contributed by atoms with Crippen molar-refractivity contribution >= 4 is 0 Å². The molecule has 2 aromatic rings. The maximum absolute atomic E-state index is 13.4. The van der Waals surface area contributed by atoms with E-state index in [0.29, 0.717) is 6.04 Å². The maximum Gasteiger partial charge on any atom is 0.123 e. The molecule has 0 radical (unpaired) electrons. The second-order valence-corrected chi connectivity index (χ2v) is 6.21. The average molecular weight is 301 g/mol. The number of hydrogen-bond acceptors (Lipinski definition) is 2. The summed E-state index contributed by atoms with van der Waals surface area (Å²) in [4.78, 5) is 6.80. The van der Waals surface area contributed by atoms with E-state index in [9.17, 15) is 4.39 Å². The number of aryl methyl sites for hydroxylation is 2. The summed E-state index contributed by atoms with van der Waals surface area (Å²) in [5.74, 6) is 0.938. The van der Waals surface area contributed by atoms with E-state index in [1.54, 1.807) is 12.1 Å². The van der Waals surface area contributed by atoms with Crippen LogP contribution in [0.4, 0.5) is 4.39 Å². The molecule has 3 rings (SSSR count). The van der Waals surface area contributed by atoms with Crippen molar-refractivity contribution in [1.29, 1.82) is 0 Å². The minimum absolute atomic E-state index is 0.139. The molecule has 3 nitrogen and oxygen atoms in total. The molecule has 118 valence electrons. The molecule has 1 aliphatic rings. The largest absolute Gasteiger partial charge is 0.335 e. The van der Waals surface area contributed by atoms with Crippen LogP contribution in [0.15, 0.2) is 36.7 Å². The molecule has 0 aliphatic carbocycles. The van der Waals surface area contributed by atoms with Crippen molar-refractivity contribution in [3.63, 3.8) is 0 Å². The third-order valence-electron chi connectivity index (χ3n) is 4.65. The predicted octanol–water partition coefficient (Wildman–Crippen LogP) is 3.78. The van der Waals surface area contributed by atoms with E-state index in [1.165, 1.54) is 25.3 Å². The first-order valence-electron chi connectivity index (χ1n) is 8.18. The normalized spacial score (nSPS) is 19.5. The van der Waals surface area contributed by atoms with Crippen molar-refractivity contribution in [3.05, 3.63) is 53.9 Å². The van der Waals surface area contributed by atoms with Gasteiger partial charge in [0, 0.05) is 31.5 Å². The van der Waals surface area contributed by atoms with Gasteiger partial charge in [-0.15, -0.1) is 0 Å². The molecule has 0 bridgehead atoms. The molecule has 22 heavy (non-hydrogen) atoms. The van der Waals surface area contributed by atoms with Crippen molar-refractivity contribution in [2.75, 3.05) is 6.54 Å². The Labute approximate surface area is 131 Å². The molecule has 2 heterocycles. The molecule has 1 fully saturated rings. The molecule has 1 atom stereocenters. The third-order valence-corrected chi connectivity index (χ3v) is 4.65. The van der Waals surface area contributed by atoms with Gasteiger partial charge in [0.05, 0.1) is 0 Å². The number of aromatic nitrogens is 2. The van der Waals surface area contributed by atoms with Gasteiger partial charge in [-0.2, -0.15) is 0 Å². The van der Waals surface area contributed by atoms with Crippen molar-refractivity contribution in [2.45, 2.75) is 51.7 Å². The molecule has 1 aromatic heterocycles. The zero-order chi connectivity index (χ0) is 15.4. The van der Waals surface area contributed by atoms with Gasteiger partial charge < -0.3 is 4.57 Å². The van der Waals surface area contributed by atoms with Gasteiger partial charge in [0.1, 0.15) is 11.6 Å². The summed E-state index contributed by atoms with van der Waals surface area (Å²) >= 11 is 0. The fourth-order valence-corrected chi connectivity index (χ4v) is 3.39. The molecule has 0 saturated carbocycles. The van der Waals surface area contributed by atoms with Crippen molar-refractivity contribution < 1.29 is 4.39 Å². The SMILES string of the molecule is Cc1nccn1CCC1CCCCN1Cc1cccc(F)c1. The van der Waals surface area contributed by atoms with E-state index >= 15 is 0 Å². The van der Waals surface area contributed by atoms with E-state index in [0.717, 1.165) is 37.4 Å². The van der Waals surface area contributed by atoms with Crippen LogP contribution in [0.1, 0.15) is 37.1 Å². The summed E-state index contributed by atoms with van der Waals surface area (Å²) in [5.41, 5.74) is 1.07. The lowest BCUT2D eigenvalue weighted by Crippen LogP contribution is -2.39. The highest BCUT2D eigenvalue weighted by Crippen LogP contribution is 2.23. The number of imidazole rings is 1. The molecule has 1 aliphatic heterocycles.